The molecule has 4 rings (SSSR count). The van der Waals surface area contributed by atoms with Gasteiger partial charge in [-0.1, -0.05) is 18.2 Å². The largest absolute Gasteiger partial charge is 0.496 e. The van der Waals surface area contributed by atoms with Crippen molar-refractivity contribution in [2.45, 2.75) is 51.9 Å². The average Bonchev–Trinajstić information content (AvgIpc) is 3.49. The van der Waals surface area contributed by atoms with Gasteiger partial charge in [0, 0.05) is 54.6 Å². The molecule has 1 aromatic carbocycles. The number of para-hydroxylation sites is 1. The molecule has 3 heterocycles. The normalized spacial score (nSPS) is 18.3. The second-order valence-corrected chi connectivity index (χ2v) is 8.81. The van der Waals surface area contributed by atoms with Crippen molar-refractivity contribution in [2.75, 3.05) is 33.3 Å². The summed E-state index contributed by atoms with van der Waals surface area (Å²) in [6.45, 7) is 6.97. The summed E-state index contributed by atoms with van der Waals surface area (Å²) >= 11 is 0. The Balaban J connectivity index is 1.41. The van der Waals surface area contributed by atoms with Crippen LogP contribution in [0.15, 0.2) is 24.3 Å². The molecule has 2 amide bonds. The number of carbonyl (C=O) groups excluding carboxylic acids is 2. The number of likely N-dealkylation sites (tertiary alicyclic amines) is 2. The number of benzene rings is 1. The Morgan fingerprint density at radius 2 is 1.62 bits per heavy atom. The molecule has 0 aliphatic carbocycles. The van der Waals surface area contributed by atoms with E-state index in [1.54, 1.807) is 7.11 Å². The van der Waals surface area contributed by atoms with Gasteiger partial charge in [0.25, 0.3) is 0 Å². The molecule has 32 heavy (non-hydrogen) atoms. The van der Waals surface area contributed by atoms with Crippen LogP contribution in [0.4, 0.5) is 0 Å². The fourth-order valence-corrected chi connectivity index (χ4v) is 4.75. The Morgan fingerprint density at radius 1 is 0.969 bits per heavy atom. The van der Waals surface area contributed by atoms with E-state index in [2.05, 4.69) is 0 Å². The first-order valence-electron chi connectivity index (χ1n) is 11.5. The molecule has 7 nitrogen and oxygen atoms in total. The van der Waals surface area contributed by atoms with E-state index < -0.39 is 0 Å². The van der Waals surface area contributed by atoms with Crippen LogP contribution in [-0.2, 0) is 22.4 Å². The van der Waals surface area contributed by atoms with Crippen molar-refractivity contribution in [3.05, 3.63) is 52.6 Å². The van der Waals surface area contributed by atoms with Gasteiger partial charge in [-0.3, -0.25) is 9.59 Å². The lowest BCUT2D eigenvalue weighted by molar-refractivity contribution is -0.130. The van der Waals surface area contributed by atoms with Crippen LogP contribution in [-0.4, -0.2) is 64.9 Å². The highest BCUT2D eigenvalue weighted by atomic mass is 16.5. The van der Waals surface area contributed by atoms with Gasteiger partial charge >= 0.3 is 0 Å². The quantitative estimate of drug-likeness (QED) is 0.696. The average molecular weight is 437 g/mol. The standard InChI is InChI=1S/C25H32N4O3/c1-17-21(15-24(31)28-11-6-7-12-28)18(2)27-25(26-17)20-10-13-29(16-20)23(30)14-19-8-4-5-9-22(19)32-3/h4-5,8-9,20H,6-7,10-16H2,1-3H3/t20-/m1/s1. The molecular weight excluding hydrogens is 404 g/mol. The molecule has 2 aliphatic rings. The molecule has 1 atom stereocenters. The van der Waals surface area contributed by atoms with E-state index >= 15 is 0 Å². The summed E-state index contributed by atoms with van der Waals surface area (Å²) in [6.07, 6.45) is 3.72. The summed E-state index contributed by atoms with van der Waals surface area (Å²) in [6, 6.07) is 7.64. The van der Waals surface area contributed by atoms with Gasteiger partial charge < -0.3 is 14.5 Å². The van der Waals surface area contributed by atoms with E-state index in [9.17, 15) is 9.59 Å². The van der Waals surface area contributed by atoms with E-state index in [-0.39, 0.29) is 17.7 Å². The monoisotopic (exact) mass is 436 g/mol. The maximum absolute atomic E-state index is 12.9. The van der Waals surface area contributed by atoms with Crippen molar-refractivity contribution in [1.29, 1.82) is 0 Å². The fraction of sp³-hybridized carbons (Fsp3) is 0.520. The van der Waals surface area contributed by atoms with Crippen LogP contribution in [0.5, 0.6) is 5.75 Å². The summed E-state index contributed by atoms with van der Waals surface area (Å²) in [4.78, 5) is 38.8. The third-order valence-electron chi connectivity index (χ3n) is 6.67. The maximum Gasteiger partial charge on any atom is 0.227 e. The number of amides is 2. The lowest BCUT2D eigenvalue weighted by Gasteiger charge is -2.19. The molecule has 0 spiro atoms. The van der Waals surface area contributed by atoms with Gasteiger partial charge in [0.1, 0.15) is 11.6 Å². The van der Waals surface area contributed by atoms with Crippen molar-refractivity contribution < 1.29 is 14.3 Å². The predicted octanol–water partition coefficient (Wildman–Crippen LogP) is 2.83. The van der Waals surface area contributed by atoms with Crippen LogP contribution < -0.4 is 4.74 Å². The van der Waals surface area contributed by atoms with Crippen LogP contribution in [0.1, 0.15) is 53.5 Å². The highest BCUT2D eigenvalue weighted by Crippen LogP contribution is 2.28. The van der Waals surface area contributed by atoms with Crippen LogP contribution in [0.25, 0.3) is 0 Å². The van der Waals surface area contributed by atoms with E-state index in [0.717, 1.165) is 66.4 Å². The molecule has 2 fully saturated rings. The maximum atomic E-state index is 12.9. The van der Waals surface area contributed by atoms with Gasteiger partial charge in [-0.25, -0.2) is 9.97 Å². The van der Waals surface area contributed by atoms with E-state index in [1.165, 1.54) is 0 Å². The molecule has 2 aliphatic heterocycles. The van der Waals surface area contributed by atoms with Crippen molar-refractivity contribution in [1.82, 2.24) is 19.8 Å². The SMILES string of the molecule is COc1ccccc1CC(=O)N1CC[C@@H](c2nc(C)c(CC(=O)N3CCCC3)c(C)n2)C1. The number of carbonyl (C=O) groups is 2. The summed E-state index contributed by atoms with van der Waals surface area (Å²) in [7, 11) is 1.62. The van der Waals surface area contributed by atoms with Gasteiger partial charge in [0.15, 0.2) is 0 Å². The molecule has 1 aromatic heterocycles. The number of aromatic nitrogens is 2. The molecule has 0 radical (unpaired) electrons. The summed E-state index contributed by atoms with van der Waals surface area (Å²) < 4.78 is 5.38. The highest BCUT2D eigenvalue weighted by Gasteiger charge is 2.30. The molecule has 2 aromatic rings. The van der Waals surface area contributed by atoms with Crippen LogP contribution in [0.2, 0.25) is 0 Å². The molecule has 0 unspecified atom stereocenters. The zero-order valence-electron chi connectivity index (χ0n) is 19.3. The molecule has 0 N–H and O–H groups in total. The van der Waals surface area contributed by atoms with E-state index in [1.807, 2.05) is 47.9 Å². The Kier molecular flexibility index (Phi) is 6.72. The van der Waals surface area contributed by atoms with Crippen molar-refractivity contribution in [2.24, 2.45) is 0 Å². The fourth-order valence-electron chi connectivity index (χ4n) is 4.75. The first-order valence-corrected chi connectivity index (χ1v) is 11.5. The topological polar surface area (TPSA) is 75.6 Å². The smallest absolute Gasteiger partial charge is 0.227 e. The number of ether oxygens (including phenoxy) is 1. The second-order valence-electron chi connectivity index (χ2n) is 8.81. The third-order valence-corrected chi connectivity index (χ3v) is 6.67. The first kappa shape index (κ1) is 22.2. The molecule has 0 saturated carbocycles. The Labute approximate surface area is 189 Å². The number of aryl methyl sites for hydroxylation is 2. The van der Waals surface area contributed by atoms with Crippen LogP contribution in [0, 0.1) is 13.8 Å². The number of methoxy groups -OCH3 is 1. The number of nitrogens with zero attached hydrogens (tertiary/aromatic N) is 4. The zero-order valence-corrected chi connectivity index (χ0v) is 19.3. The van der Waals surface area contributed by atoms with Crippen molar-refractivity contribution in [3.63, 3.8) is 0 Å². The minimum Gasteiger partial charge on any atom is -0.496 e. The Bertz CT molecular complexity index is 977. The number of rotatable bonds is 6. The molecule has 0 bridgehead atoms. The Hall–Kier alpha value is -2.96. The molecule has 7 heteroatoms. The third kappa shape index (κ3) is 4.76. The van der Waals surface area contributed by atoms with E-state index in [0.29, 0.717) is 25.9 Å². The lowest BCUT2D eigenvalue weighted by Crippen LogP contribution is -2.30. The summed E-state index contributed by atoms with van der Waals surface area (Å²) in [5.41, 5.74) is 3.59. The zero-order chi connectivity index (χ0) is 22.7. The second kappa shape index (κ2) is 9.67. The summed E-state index contributed by atoms with van der Waals surface area (Å²) in [5, 5.41) is 0. The van der Waals surface area contributed by atoms with Crippen LogP contribution >= 0.6 is 0 Å². The minimum atomic E-state index is 0.0956. The minimum absolute atomic E-state index is 0.0956. The molecular formula is C25H32N4O3. The Morgan fingerprint density at radius 3 is 2.31 bits per heavy atom. The number of hydrogen-bond acceptors (Lipinski definition) is 5. The van der Waals surface area contributed by atoms with Crippen molar-refractivity contribution >= 4 is 11.8 Å². The van der Waals surface area contributed by atoms with Gasteiger partial charge in [-0.05, 0) is 39.2 Å². The number of hydrogen-bond donors (Lipinski definition) is 0. The van der Waals surface area contributed by atoms with Gasteiger partial charge in [-0.2, -0.15) is 0 Å². The molecule has 170 valence electrons. The van der Waals surface area contributed by atoms with Gasteiger partial charge in [-0.15, -0.1) is 0 Å². The first-order chi connectivity index (χ1) is 15.5. The summed E-state index contributed by atoms with van der Waals surface area (Å²) in [5.74, 6) is 1.91. The predicted molar refractivity (Wildman–Crippen MR) is 122 cm³/mol. The lowest BCUT2D eigenvalue weighted by atomic mass is 10.0. The molecule has 2 saturated heterocycles. The van der Waals surface area contributed by atoms with Gasteiger partial charge in [0.2, 0.25) is 11.8 Å². The van der Waals surface area contributed by atoms with Gasteiger partial charge in [0.05, 0.1) is 20.0 Å². The van der Waals surface area contributed by atoms with E-state index in [4.69, 9.17) is 14.7 Å². The van der Waals surface area contributed by atoms with Crippen molar-refractivity contribution in [3.8, 4) is 5.75 Å². The van der Waals surface area contributed by atoms with Crippen LogP contribution in [0.3, 0.4) is 0 Å². The highest BCUT2D eigenvalue weighted by molar-refractivity contribution is 5.80.